The van der Waals surface area contributed by atoms with Crippen LogP contribution in [0, 0.1) is 6.92 Å². The van der Waals surface area contributed by atoms with E-state index in [9.17, 15) is 14.4 Å². The Kier molecular flexibility index (Phi) is 3.79. The summed E-state index contributed by atoms with van der Waals surface area (Å²) in [6.07, 6.45) is 3.81. The standard InChI is InChI=1S/C17H18N4O3/c1-4-17(5-2)20-15(23)13-10(3)8-11(16(24)21(13)17)14(22)12-6-7-18-9-19-12/h6-9H,4-5H2,1-3H3,(H,20,23). The van der Waals surface area contributed by atoms with E-state index in [1.807, 2.05) is 13.8 Å². The molecule has 0 atom stereocenters. The number of rotatable bonds is 4. The van der Waals surface area contributed by atoms with Crippen LogP contribution in [-0.4, -0.2) is 26.2 Å². The van der Waals surface area contributed by atoms with E-state index >= 15 is 0 Å². The van der Waals surface area contributed by atoms with Crippen LogP contribution in [0.5, 0.6) is 0 Å². The fourth-order valence-electron chi connectivity index (χ4n) is 3.23. The van der Waals surface area contributed by atoms with E-state index in [1.165, 1.54) is 29.2 Å². The van der Waals surface area contributed by atoms with Gasteiger partial charge in [-0.05, 0) is 37.5 Å². The highest BCUT2D eigenvalue weighted by Gasteiger charge is 2.42. The van der Waals surface area contributed by atoms with E-state index in [1.54, 1.807) is 6.92 Å². The monoisotopic (exact) mass is 326 g/mol. The minimum absolute atomic E-state index is 0.0118. The zero-order valence-corrected chi connectivity index (χ0v) is 13.8. The number of pyridine rings is 1. The summed E-state index contributed by atoms with van der Waals surface area (Å²) in [5, 5.41) is 2.91. The van der Waals surface area contributed by atoms with Crippen LogP contribution >= 0.6 is 0 Å². The second kappa shape index (κ2) is 5.67. The molecule has 0 fully saturated rings. The van der Waals surface area contributed by atoms with Gasteiger partial charge in [0.2, 0.25) is 5.78 Å². The average molecular weight is 326 g/mol. The van der Waals surface area contributed by atoms with E-state index in [2.05, 4.69) is 15.3 Å². The van der Waals surface area contributed by atoms with Crippen molar-refractivity contribution < 1.29 is 9.59 Å². The van der Waals surface area contributed by atoms with Crippen LogP contribution in [0.4, 0.5) is 0 Å². The lowest BCUT2D eigenvalue weighted by atomic mass is 10.0. The van der Waals surface area contributed by atoms with Crippen LogP contribution in [-0.2, 0) is 5.66 Å². The Morgan fingerprint density at radius 1 is 1.29 bits per heavy atom. The summed E-state index contributed by atoms with van der Waals surface area (Å²) in [7, 11) is 0. The summed E-state index contributed by atoms with van der Waals surface area (Å²) >= 11 is 0. The van der Waals surface area contributed by atoms with Gasteiger partial charge in [0.25, 0.3) is 11.5 Å². The molecule has 7 nitrogen and oxygen atoms in total. The third kappa shape index (κ3) is 2.16. The van der Waals surface area contributed by atoms with Crippen molar-refractivity contribution in [2.45, 2.75) is 39.3 Å². The molecule has 0 aromatic carbocycles. The number of fused-ring (bicyclic) bond motifs is 1. The second-order valence-corrected chi connectivity index (χ2v) is 5.85. The Balaban J connectivity index is 2.27. The number of nitrogens with one attached hydrogen (secondary N) is 1. The molecule has 0 unspecified atom stereocenters. The first kappa shape index (κ1) is 16.0. The molecule has 3 rings (SSSR count). The van der Waals surface area contributed by atoms with E-state index in [0.717, 1.165) is 0 Å². The van der Waals surface area contributed by atoms with Gasteiger partial charge in [-0.15, -0.1) is 0 Å². The lowest BCUT2D eigenvalue weighted by molar-refractivity contribution is 0.0910. The van der Waals surface area contributed by atoms with Crippen molar-refractivity contribution in [1.29, 1.82) is 0 Å². The van der Waals surface area contributed by atoms with Crippen molar-refractivity contribution in [1.82, 2.24) is 19.9 Å². The Morgan fingerprint density at radius 2 is 2.00 bits per heavy atom. The molecule has 0 saturated carbocycles. The van der Waals surface area contributed by atoms with E-state index in [4.69, 9.17) is 0 Å². The SMILES string of the molecule is CCC1(CC)NC(=O)c2c(C)cc(C(=O)c3ccncn3)c(=O)n21. The van der Waals surface area contributed by atoms with Gasteiger partial charge in [-0.1, -0.05) is 13.8 Å². The van der Waals surface area contributed by atoms with Crippen molar-refractivity contribution in [3.63, 3.8) is 0 Å². The summed E-state index contributed by atoms with van der Waals surface area (Å²) in [5.41, 5.74) is -0.191. The first-order valence-electron chi connectivity index (χ1n) is 7.85. The highest BCUT2D eigenvalue weighted by molar-refractivity contribution is 6.08. The molecule has 0 saturated heterocycles. The Morgan fingerprint density at radius 3 is 2.58 bits per heavy atom. The van der Waals surface area contributed by atoms with Crippen LogP contribution in [0.25, 0.3) is 0 Å². The van der Waals surface area contributed by atoms with Gasteiger partial charge in [0.05, 0.1) is 5.56 Å². The van der Waals surface area contributed by atoms with Gasteiger partial charge in [0, 0.05) is 6.20 Å². The average Bonchev–Trinajstić information content (AvgIpc) is 2.92. The number of amides is 1. The molecular weight excluding hydrogens is 308 g/mol. The maximum atomic E-state index is 13.0. The zero-order chi connectivity index (χ0) is 17.5. The van der Waals surface area contributed by atoms with Crippen molar-refractivity contribution in [3.05, 3.63) is 57.5 Å². The largest absolute Gasteiger partial charge is 0.327 e. The summed E-state index contributed by atoms with van der Waals surface area (Å²) in [6.45, 7) is 5.53. The third-order valence-electron chi connectivity index (χ3n) is 4.61. The van der Waals surface area contributed by atoms with E-state index < -0.39 is 17.0 Å². The Labute approximate surface area is 138 Å². The van der Waals surface area contributed by atoms with Crippen molar-refractivity contribution in [2.75, 3.05) is 0 Å². The van der Waals surface area contributed by atoms with Crippen molar-refractivity contribution in [2.24, 2.45) is 0 Å². The van der Waals surface area contributed by atoms with Crippen LogP contribution < -0.4 is 10.9 Å². The fourth-order valence-corrected chi connectivity index (χ4v) is 3.23. The first-order valence-corrected chi connectivity index (χ1v) is 7.85. The summed E-state index contributed by atoms with van der Waals surface area (Å²) in [6, 6.07) is 2.94. The number of nitrogens with zero attached hydrogens (tertiary/aromatic N) is 3. The number of hydrogen-bond donors (Lipinski definition) is 1. The number of carbonyl (C=O) groups excluding carboxylic acids is 2. The molecule has 124 valence electrons. The van der Waals surface area contributed by atoms with E-state index in [-0.39, 0.29) is 17.2 Å². The number of aryl methyl sites for hydroxylation is 1. The zero-order valence-electron chi connectivity index (χ0n) is 13.8. The van der Waals surface area contributed by atoms with Gasteiger partial charge in [-0.2, -0.15) is 0 Å². The number of aromatic nitrogens is 3. The minimum atomic E-state index is -0.795. The van der Waals surface area contributed by atoms with Gasteiger partial charge < -0.3 is 5.32 Å². The predicted molar refractivity (Wildman–Crippen MR) is 86.9 cm³/mol. The normalized spacial score (nSPS) is 15.0. The molecule has 0 bridgehead atoms. The summed E-state index contributed by atoms with van der Waals surface area (Å²) in [4.78, 5) is 45.7. The predicted octanol–water partition coefficient (Wildman–Crippen LogP) is 1.39. The third-order valence-corrected chi connectivity index (χ3v) is 4.61. The van der Waals surface area contributed by atoms with Gasteiger partial charge in [0.1, 0.15) is 23.4 Å². The van der Waals surface area contributed by atoms with Crippen LogP contribution in [0.15, 0.2) is 29.5 Å². The number of hydrogen-bond acceptors (Lipinski definition) is 5. The van der Waals surface area contributed by atoms with Crippen LogP contribution in [0.3, 0.4) is 0 Å². The maximum absolute atomic E-state index is 13.0. The fraction of sp³-hybridized carbons (Fsp3) is 0.353. The van der Waals surface area contributed by atoms with Gasteiger partial charge >= 0.3 is 0 Å². The first-order chi connectivity index (χ1) is 11.4. The lowest BCUT2D eigenvalue weighted by Gasteiger charge is -2.29. The molecule has 1 aliphatic rings. The van der Waals surface area contributed by atoms with E-state index in [0.29, 0.717) is 24.1 Å². The smallest absolute Gasteiger partial charge is 0.270 e. The lowest BCUT2D eigenvalue weighted by Crippen LogP contribution is -2.47. The maximum Gasteiger partial charge on any atom is 0.270 e. The highest BCUT2D eigenvalue weighted by Crippen LogP contribution is 2.29. The molecule has 1 N–H and O–H groups in total. The minimum Gasteiger partial charge on any atom is -0.327 e. The Bertz CT molecular complexity index is 883. The molecule has 7 heteroatoms. The number of carbonyl (C=O) groups is 2. The van der Waals surface area contributed by atoms with Crippen LogP contribution in [0.1, 0.15) is 58.8 Å². The molecule has 24 heavy (non-hydrogen) atoms. The van der Waals surface area contributed by atoms with Crippen LogP contribution in [0.2, 0.25) is 0 Å². The summed E-state index contributed by atoms with van der Waals surface area (Å²) < 4.78 is 1.44. The summed E-state index contributed by atoms with van der Waals surface area (Å²) in [5.74, 6) is -0.754. The molecule has 1 amide bonds. The highest BCUT2D eigenvalue weighted by atomic mass is 16.2. The molecule has 0 spiro atoms. The Hall–Kier alpha value is -2.83. The molecule has 1 aliphatic heterocycles. The molecular formula is C17H18N4O3. The second-order valence-electron chi connectivity index (χ2n) is 5.85. The quantitative estimate of drug-likeness (QED) is 0.857. The molecule has 2 aromatic rings. The topological polar surface area (TPSA) is 94.0 Å². The van der Waals surface area contributed by atoms with Gasteiger partial charge in [-0.25, -0.2) is 9.97 Å². The van der Waals surface area contributed by atoms with Crippen molar-refractivity contribution >= 4 is 11.7 Å². The molecule has 2 aromatic heterocycles. The number of ketones is 1. The molecule has 0 radical (unpaired) electrons. The molecule has 0 aliphatic carbocycles. The van der Waals surface area contributed by atoms with Gasteiger partial charge in [-0.3, -0.25) is 19.0 Å². The van der Waals surface area contributed by atoms with Gasteiger partial charge in [0.15, 0.2) is 0 Å². The van der Waals surface area contributed by atoms with Crippen molar-refractivity contribution in [3.8, 4) is 0 Å². The molecule has 3 heterocycles.